The molecular weight excluding hydrogens is 224 g/mol. The molecule has 0 saturated carbocycles. The van der Waals surface area contributed by atoms with E-state index in [4.69, 9.17) is 0 Å². The zero-order valence-electron chi connectivity index (χ0n) is 12.4. The van der Waals surface area contributed by atoms with Gasteiger partial charge in [-0.2, -0.15) is 0 Å². The number of rotatable bonds is 4. The van der Waals surface area contributed by atoms with Crippen molar-refractivity contribution in [2.24, 2.45) is 0 Å². The molecule has 1 heteroatoms. The first kappa shape index (κ1) is 14.6. The Morgan fingerprint density at radius 2 is 1.29 bits per heavy atom. The Morgan fingerprint density at radius 1 is 0.824 bits per heavy atom. The summed E-state index contributed by atoms with van der Waals surface area (Å²) in [6.07, 6.45) is 0. The summed E-state index contributed by atoms with van der Waals surface area (Å²) in [5.41, 5.74) is 1.39. The van der Waals surface area contributed by atoms with Crippen LogP contribution in [0.15, 0.2) is 29.2 Å². The smallest absolute Gasteiger partial charge is 0.00896 e. The molecule has 0 radical (unpaired) electrons. The van der Waals surface area contributed by atoms with Crippen molar-refractivity contribution >= 4 is 10.0 Å². The Kier molecular flexibility index (Phi) is 4.71. The zero-order valence-corrected chi connectivity index (χ0v) is 13.3. The zero-order chi connectivity index (χ0) is 13.2. The van der Waals surface area contributed by atoms with Crippen LogP contribution in [0.4, 0.5) is 0 Å². The second-order valence-electron chi connectivity index (χ2n) is 5.72. The minimum absolute atomic E-state index is 0.740. The summed E-state index contributed by atoms with van der Waals surface area (Å²) < 4.78 is 0. The normalized spacial score (nSPS) is 13.8. The van der Waals surface area contributed by atoms with Crippen molar-refractivity contribution in [1.29, 1.82) is 0 Å². The second-order valence-corrected chi connectivity index (χ2v) is 10.5. The summed E-state index contributed by atoms with van der Waals surface area (Å²) in [5, 5.41) is 2.22. The summed E-state index contributed by atoms with van der Waals surface area (Å²) in [6, 6.07) is 9.19. The van der Waals surface area contributed by atoms with Crippen LogP contribution >= 0.6 is 10.0 Å². The van der Waals surface area contributed by atoms with Crippen LogP contribution in [0.1, 0.15) is 47.1 Å². The van der Waals surface area contributed by atoms with Crippen molar-refractivity contribution in [2.45, 2.75) is 69.1 Å². The quantitative estimate of drug-likeness (QED) is 0.674. The van der Waals surface area contributed by atoms with E-state index >= 15 is 0 Å². The van der Waals surface area contributed by atoms with Gasteiger partial charge in [0.2, 0.25) is 0 Å². The fourth-order valence-electron chi connectivity index (χ4n) is 3.28. The largest absolute Gasteiger partial charge is 0.207 e. The maximum Gasteiger partial charge on any atom is -0.00896 e. The fourth-order valence-corrected chi connectivity index (χ4v) is 8.89. The lowest BCUT2D eigenvalue weighted by Gasteiger charge is -2.52. The van der Waals surface area contributed by atoms with Crippen LogP contribution in [0, 0.1) is 6.92 Å². The number of aryl methyl sites for hydroxylation is 1. The van der Waals surface area contributed by atoms with E-state index in [-0.39, 0.29) is 0 Å². The minimum Gasteiger partial charge on any atom is -0.207 e. The van der Waals surface area contributed by atoms with E-state index in [1.54, 1.807) is 4.90 Å². The highest BCUT2D eigenvalue weighted by Gasteiger charge is 2.36. The van der Waals surface area contributed by atoms with Gasteiger partial charge in [0.05, 0.1) is 0 Å². The van der Waals surface area contributed by atoms with Gasteiger partial charge in [0, 0.05) is 0 Å². The monoisotopic (exact) mass is 252 g/mol. The third kappa shape index (κ3) is 2.54. The molecule has 0 spiro atoms. The molecule has 0 unspecified atom stereocenters. The summed E-state index contributed by atoms with van der Waals surface area (Å²) in [5.74, 6) is 0. The Labute approximate surface area is 109 Å². The summed E-state index contributed by atoms with van der Waals surface area (Å²) >= 11 is 0. The van der Waals surface area contributed by atoms with Crippen molar-refractivity contribution < 1.29 is 0 Å². The van der Waals surface area contributed by atoms with E-state index in [2.05, 4.69) is 72.7 Å². The first-order valence-corrected chi connectivity index (χ1v) is 8.52. The van der Waals surface area contributed by atoms with Crippen molar-refractivity contribution in [3.8, 4) is 0 Å². The van der Waals surface area contributed by atoms with Gasteiger partial charge in [-0.15, -0.1) is 0 Å². The third-order valence-corrected chi connectivity index (χ3v) is 9.49. The molecule has 98 valence electrons. The molecule has 0 bridgehead atoms. The van der Waals surface area contributed by atoms with Crippen molar-refractivity contribution in [2.75, 3.05) is 0 Å². The molecule has 0 aliphatic rings. The van der Waals surface area contributed by atoms with Crippen LogP contribution in [-0.4, -0.2) is 15.7 Å². The molecule has 0 N–H and O–H groups in total. The Balaban J connectivity index is 3.41. The molecule has 0 saturated heterocycles. The highest BCUT2D eigenvalue weighted by atomic mass is 32.3. The van der Waals surface area contributed by atoms with Crippen molar-refractivity contribution in [1.82, 2.24) is 0 Å². The lowest BCUT2D eigenvalue weighted by Crippen LogP contribution is -2.28. The molecule has 17 heavy (non-hydrogen) atoms. The van der Waals surface area contributed by atoms with Gasteiger partial charge in [0.1, 0.15) is 0 Å². The van der Waals surface area contributed by atoms with Crippen LogP contribution in [0.25, 0.3) is 0 Å². The highest BCUT2D eigenvalue weighted by Crippen LogP contribution is 2.66. The fraction of sp³-hybridized carbons (Fsp3) is 0.625. The first-order chi connectivity index (χ1) is 7.83. The van der Waals surface area contributed by atoms with Crippen molar-refractivity contribution in [3.05, 3.63) is 29.8 Å². The van der Waals surface area contributed by atoms with Crippen LogP contribution < -0.4 is 0 Å². The van der Waals surface area contributed by atoms with Gasteiger partial charge in [0.25, 0.3) is 0 Å². The number of hydrogen-bond donors (Lipinski definition) is 0. The van der Waals surface area contributed by atoms with Crippen LogP contribution in [0.2, 0.25) is 0 Å². The third-order valence-electron chi connectivity index (χ3n) is 3.74. The Morgan fingerprint density at radius 3 is 1.65 bits per heavy atom. The SMILES string of the molecule is Cc1cccc(S(C(C)C)(C(C)C)C(C)C)c1. The van der Waals surface area contributed by atoms with Gasteiger partial charge in [-0.05, 0) is 33.6 Å². The molecule has 0 fully saturated rings. The van der Waals surface area contributed by atoms with Crippen LogP contribution in [0.3, 0.4) is 0 Å². The molecule has 0 amide bonds. The van der Waals surface area contributed by atoms with Crippen LogP contribution in [-0.2, 0) is 0 Å². The molecule has 0 aliphatic heterocycles. The molecule has 1 aromatic rings. The molecule has 0 aliphatic carbocycles. The highest BCUT2D eigenvalue weighted by molar-refractivity contribution is 8.35. The lowest BCUT2D eigenvalue weighted by molar-refractivity contribution is 0.934. The number of hydrogen-bond acceptors (Lipinski definition) is 0. The first-order valence-electron chi connectivity index (χ1n) is 6.70. The van der Waals surface area contributed by atoms with Gasteiger partial charge in [0.15, 0.2) is 0 Å². The summed E-state index contributed by atoms with van der Waals surface area (Å²) in [4.78, 5) is 1.59. The Bertz CT molecular complexity index is 342. The molecule has 0 aromatic heterocycles. The van der Waals surface area contributed by atoms with E-state index in [1.807, 2.05) is 0 Å². The van der Waals surface area contributed by atoms with E-state index in [9.17, 15) is 0 Å². The molecule has 1 aromatic carbocycles. The average molecular weight is 252 g/mol. The van der Waals surface area contributed by atoms with Gasteiger partial charge < -0.3 is 0 Å². The van der Waals surface area contributed by atoms with E-state index in [0.29, 0.717) is 0 Å². The molecular formula is C16H28S. The standard InChI is InChI=1S/C16H28S/c1-12(2)17(13(3)4,14(5)6)16-10-8-9-15(7)11-16/h8-14H,1-7H3. The predicted molar refractivity (Wildman–Crippen MR) is 82.4 cm³/mol. The van der Waals surface area contributed by atoms with Gasteiger partial charge in [-0.1, -0.05) is 65.3 Å². The lowest BCUT2D eigenvalue weighted by atomic mass is 10.2. The molecule has 0 heterocycles. The van der Waals surface area contributed by atoms with E-state index < -0.39 is 10.0 Å². The Hall–Kier alpha value is -0.430. The summed E-state index contributed by atoms with van der Waals surface area (Å²) in [6.45, 7) is 16.6. The maximum absolute atomic E-state index is 2.41. The maximum atomic E-state index is 2.41. The van der Waals surface area contributed by atoms with Crippen LogP contribution in [0.5, 0.6) is 0 Å². The number of benzene rings is 1. The van der Waals surface area contributed by atoms with Gasteiger partial charge in [-0.25, -0.2) is 10.0 Å². The molecule has 0 nitrogen and oxygen atoms in total. The second kappa shape index (κ2) is 5.48. The minimum atomic E-state index is -0.748. The van der Waals surface area contributed by atoms with Crippen molar-refractivity contribution in [3.63, 3.8) is 0 Å². The van der Waals surface area contributed by atoms with Gasteiger partial charge in [-0.3, -0.25) is 0 Å². The predicted octanol–water partition coefficient (Wildman–Crippen LogP) is 5.38. The van der Waals surface area contributed by atoms with Gasteiger partial charge >= 0.3 is 0 Å². The molecule has 1 rings (SSSR count). The van der Waals surface area contributed by atoms with E-state index in [1.165, 1.54) is 5.56 Å². The summed E-state index contributed by atoms with van der Waals surface area (Å²) in [7, 11) is -0.748. The van der Waals surface area contributed by atoms with E-state index in [0.717, 1.165) is 15.7 Å². The molecule has 0 atom stereocenters. The average Bonchev–Trinajstić information content (AvgIpc) is 2.16. The topological polar surface area (TPSA) is 0 Å².